The summed E-state index contributed by atoms with van der Waals surface area (Å²) >= 11 is 2.64. The third kappa shape index (κ3) is 4.80. The quantitative estimate of drug-likeness (QED) is 0.180. The number of fused-ring (bicyclic) bond motifs is 1. The largest absolute Gasteiger partial charge is 1.00 e. The van der Waals surface area contributed by atoms with Crippen LogP contribution in [0.4, 0.5) is 0 Å². The number of nitrogens with zero attached hydrogens (tertiary/aromatic N) is 2. The summed E-state index contributed by atoms with van der Waals surface area (Å²) in [5.74, 6) is -2.66. The van der Waals surface area contributed by atoms with E-state index in [2.05, 4.69) is 0 Å². The fraction of sp³-hybridized carbons (Fsp3) is 0.529. The summed E-state index contributed by atoms with van der Waals surface area (Å²) in [6, 6.07) is 2.83. The van der Waals surface area contributed by atoms with Crippen molar-refractivity contribution in [1.82, 2.24) is 9.96 Å². The van der Waals surface area contributed by atoms with E-state index in [0.29, 0.717) is 0 Å². The fourth-order valence-electron chi connectivity index (χ4n) is 3.21. The maximum absolute atomic E-state index is 12.7. The number of rotatable bonds is 7. The van der Waals surface area contributed by atoms with Crippen LogP contribution in [-0.4, -0.2) is 71.1 Å². The van der Waals surface area contributed by atoms with Gasteiger partial charge in [-0.25, -0.2) is 5.06 Å². The molecule has 0 aromatic carbocycles. The first-order valence-electron chi connectivity index (χ1n) is 8.44. The van der Waals surface area contributed by atoms with Gasteiger partial charge in [-0.05, 0) is 11.4 Å². The Bertz CT molecular complexity index is 791. The van der Waals surface area contributed by atoms with Crippen LogP contribution in [0.25, 0.3) is 0 Å². The molecule has 3 rings (SSSR count). The molecule has 0 aliphatic carbocycles. The first-order chi connectivity index (χ1) is 13.3. The number of β-lactam (4-membered cyclic amide) rings is 1. The van der Waals surface area contributed by atoms with Crippen molar-refractivity contribution >= 4 is 46.9 Å². The van der Waals surface area contributed by atoms with Gasteiger partial charge in [0.1, 0.15) is 12.0 Å². The SMILES string of the molecule is CON(C(=O)Cc1cccs1)C1C(=O)N2CC(COC(C)=O)(C(=O)[O-])CS[C@H]12.[Na+]. The number of carbonyl (C=O) groups excluding carboxylic acids is 4. The van der Waals surface area contributed by atoms with E-state index in [1.54, 1.807) is 0 Å². The van der Waals surface area contributed by atoms with Crippen LogP contribution >= 0.6 is 23.1 Å². The number of aliphatic carboxylic acids is 1. The van der Waals surface area contributed by atoms with Crippen LogP contribution < -0.4 is 34.7 Å². The van der Waals surface area contributed by atoms with E-state index >= 15 is 0 Å². The molecule has 1 aromatic heterocycles. The summed E-state index contributed by atoms with van der Waals surface area (Å²) in [5, 5.41) is 14.2. The van der Waals surface area contributed by atoms with Crippen LogP contribution in [0, 0.1) is 5.41 Å². The van der Waals surface area contributed by atoms with Gasteiger partial charge in [-0.1, -0.05) is 6.07 Å². The summed E-state index contributed by atoms with van der Waals surface area (Å²) < 4.78 is 4.88. The van der Waals surface area contributed by atoms with Crippen LogP contribution in [0.1, 0.15) is 11.8 Å². The van der Waals surface area contributed by atoms with Crippen LogP contribution in [0.5, 0.6) is 0 Å². The molecule has 152 valence electrons. The summed E-state index contributed by atoms with van der Waals surface area (Å²) in [6.45, 7) is 0.665. The van der Waals surface area contributed by atoms with E-state index in [1.807, 2.05) is 17.5 Å². The molecule has 2 saturated heterocycles. The number of thioether (sulfide) groups is 1. The Morgan fingerprint density at radius 2 is 2.14 bits per heavy atom. The standard InChI is InChI=1S/C17H20N2O7S2.Na/c1-10(20)26-8-17(16(23)24)7-18-14(22)13(15(18)28-9-17)19(25-2)12(21)6-11-4-3-5-27-11;/h3-5,13,15H,6-9H2,1-2H3,(H,23,24);/q;+1/p-1/t13?,15-,17?;/m1./s1. The van der Waals surface area contributed by atoms with Gasteiger partial charge in [0.05, 0.1) is 24.9 Å². The van der Waals surface area contributed by atoms with Crippen LogP contribution in [-0.2, 0) is 35.2 Å². The van der Waals surface area contributed by atoms with E-state index in [1.165, 1.54) is 42.0 Å². The summed E-state index contributed by atoms with van der Waals surface area (Å²) in [6.07, 6.45) is 0.113. The number of amides is 2. The second-order valence-electron chi connectivity index (χ2n) is 6.62. The maximum Gasteiger partial charge on any atom is 1.00 e. The van der Waals surface area contributed by atoms with Gasteiger partial charge in [-0.2, -0.15) is 0 Å². The molecule has 3 atom stereocenters. The van der Waals surface area contributed by atoms with Crippen molar-refractivity contribution < 1.29 is 63.4 Å². The predicted molar refractivity (Wildman–Crippen MR) is 97.7 cm³/mol. The zero-order valence-corrected chi connectivity index (χ0v) is 19.9. The van der Waals surface area contributed by atoms with Gasteiger partial charge < -0.3 is 19.5 Å². The predicted octanol–water partition coefficient (Wildman–Crippen LogP) is -3.73. The van der Waals surface area contributed by atoms with Gasteiger partial charge in [0.25, 0.3) is 11.8 Å². The Balaban J connectivity index is 0.00000300. The van der Waals surface area contributed by atoms with Gasteiger partial charge in [0.2, 0.25) is 0 Å². The molecule has 0 saturated carbocycles. The minimum Gasteiger partial charge on any atom is -0.549 e. The normalized spacial score (nSPS) is 25.3. The minimum atomic E-state index is -1.48. The Kier molecular flexibility index (Phi) is 8.16. The number of thiophene rings is 1. The number of ether oxygens (including phenoxy) is 1. The van der Waals surface area contributed by atoms with E-state index in [0.717, 1.165) is 9.94 Å². The third-order valence-electron chi connectivity index (χ3n) is 4.70. The second kappa shape index (κ2) is 9.80. The minimum absolute atomic E-state index is 0. The van der Waals surface area contributed by atoms with E-state index in [-0.39, 0.29) is 60.8 Å². The summed E-state index contributed by atoms with van der Waals surface area (Å²) in [5.41, 5.74) is -1.48. The van der Waals surface area contributed by atoms with Crippen molar-refractivity contribution in [2.24, 2.45) is 5.41 Å². The summed E-state index contributed by atoms with van der Waals surface area (Å²) in [7, 11) is 1.32. The molecule has 9 nitrogen and oxygen atoms in total. The van der Waals surface area contributed by atoms with E-state index < -0.39 is 34.7 Å². The molecule has 29 heavy (non-hydrogen) atoms. The molecular weight excluding hydrogens is 431 g/mol. The molecule has 1 aromatic rings. The molecule has 3 heterocycles. The van der Waals surface area contributed by atoms with Crippen molar-refractivity contribution in [3.63, 3.8) is 0 Å². The molecular formula is C17H19N2NaO7S2. The number of carboxylic acids is 1. The molecule has 0 bridgehead atoms. The Labute approximate surface area is 197 Å². The summed E-state index contributed by atoms with van der Waals surface area (Å²) in [4.78, 5) is 55.4. The van der Waals surface area contributed by atoms with Crippen molar-refractivity contribution in [2.75, 3.05) is 26.0 Å². The molecule has 2 unspecified atom stereocenters. The van der Waals surface area contributed by atoms with Gasteiger partial charge in [0.15, 0.2) is 6.04 Å². The molecule has 12 heteroatoms. The van der Waals surface area contributed by atoms with Crippen LogP contribution in [0.15, 0.2) is 17.5 Å². The zero-order chi connectivity index (χ0) is 20.5. The maximum atomic E-state index is 12.7. The average molecular weight is 450 g/mol. The number of hydrogen-bond acceptors (Lipinski definition) is 9. The smallest absolute Gasteiger partial charge is 0.549 e. The zero-order valence-electron chi connectivity index (χ0n) is 16.3. The molecule has 0 spiro atoms. The number of hydroxylamine groups is 2. The van der Waals surface area contributed by atoms with Gasteiger partial charge in [-0.15, -0.1) is 23.1 Å². The van der Waals surface area contributed by atoms with E-state index in [4.69, 9.17) is 9.57 Å². The van der Waals surface area contributed by atoms with Crippen LogP contribution in [0.2, 0.25) is 0 Å². The van der Waals surface area contributed by atoms with Crippen molar-refractivity contribution in [3.05, 3.63) is 22.4 Å². The van der Waals surface area contributed by atoms with Gasteiger partial charge >= 0.3 is 35.5 Å². The number of carbonyl (C=O) groups is 4. The first kappa shape index (κ1) is 24.2. The average Bonchev–Trinajstić information content (AvgIpc) is 3.16. The van der Waals surface area contributed by atoms with Crippen molar-refractivity contribution in [3.8, 4) is 0 Å². The number of esters is 1. The number of hydrogen-bond donors (Lipinski definition) is 0. The monoisotopic (exact) mass is 450 g/mol. The van der Waals surface area contributed by atoms with Crippen molar-refractivity contribution in [1.29, 1.82) is 0 Å². The molecule has 2 aliphatic rings. The molecule has 2 aliphatic heterocycles. The van der Waals surface area contributed by atoms with Gasteiger partial charge in [-0.3, -0.25) is 19.2 Å². The Morgan fingerprint density at radius 3 is 2.69 bits per heavy atom. The fourth-order valence-corrected chi connectivity index (χ4v) is 5.45. The third-order valence-corrected chi connectivity index (χ3v) is 7.15. The Hall–Kier alpha value is -1.11. The second-order valence-corrected chi connectivity index (χ2v) is 8.76. The van der Waals surface area contributed by atoms with Crippen molar-refractivity contribution in [2.45, 2.75) is 24.8 Å². The molecule has 2 amide bonds. The van der Waals surface area contributed by atoms with E-state index in [9.17, 15) is 24.3 Å². The first-order valence-corrected chi connectivity index (χ1v) is 10.4. The van der Waals surface area contributed by atoms with Gasteiger partial charge in [0, 0.05) is 24.1 Å². The van der Waals surface area contributed by atoms with Crippen LogP contribution in [0.3, 0.4) is 0 Å². The molecule has 0 N–H and O–H groups in total. The number of carboxylic acid groups (broad SMARTS) is 1. The Morgan fingerprint density at radius 1 is 1.41 bits per heavy atom. The topological polar surface area (TPSA) is 116 Å². The molecule has 2 fully saturated rings. The molecule has 0 radical (unpaired) electrons.